The van der Waals surface area contributed by atoms with E-state index in [1.807, 2.05) is 24.3 Å². The van der Waals surface area contributed by atoms with Crippen molar-refractivity contribution in [3.05, 3.63) is 48.3 Å². The second-order valence-electron chi connectivity index (χ2n) is 4.50. The lowest BCUT2D eigenvalue weighted by Crippen LogP contribution is -2.16. The monoisotopic (exact) mass is 282 g/mol. The van der Waals surface area contributed by atoms with Crippen molar-refractivity contribution >= 4 is 28.3 Å². The van der Waals surface area contributed by atoms with Crippen LogP contribution < -0.4 is 16.6 Å². The van der Waals surface area contributed by atoms with Crippen molar-refractivity contribution in [3.8, 4) is 0 Å². The van der Waals surface area contributed by atoms with E-state index in [4.69, 9.17) is 5.84 Å². The normalized spacial score (nSPS) is 10.6. The molecule has 0 saturated heterocycles. The minimum atomic E-state index is -0.245. The molecule has 21 heavy (non-hydrogen) atoms. The van der Waals surface area contributed by atoms with Crippen LogP contribution >= 0.6 is 0 Å². The zero-order valence-corrected chi connectivity index (χ0v) is 11.4. The zero-order valence-electron chi connectivity index (χ0n) is 11.4. The third-order valence-corrected chi connectivity index (χ3v) is 3.24. The Morgan fingerprint density at radius 1 is 1.24 bits per heavy atom. The van der Waals surface area contributed by atoms with Gasteiger partial charge in [-0.05, 0) is 5.39 Å². The van der Waals surface area contributed by atoms with Crippen molar-refractivity contribution < 1.29 is 4.79 Å². The molecular formula is C14H14N6O. The number of amides is 1. The van der Waals surface area contributed by atoms with E-state index in [1.54, 1.807) is 24.0 Å². The molecule has 4 N–H and O–H groups in total. The lowest BCUT2D eigenvalue weighted by atomic mass is 10.1. The van der Waals surface area contributed by atoms with Gasteiger partial charge in [-0.3, -0.25) is 9.48 Å². The van der Waals surface area contributed by atoms with Gasteiger partial charge in [-0.1, -0.05) is 24.3 Å². The van der Waals surface area contributed by atoms with Crippen LogP contribution in [0.4, 0.5) is 11.6 Å². The van der Waals surface area contributed by atoms with E-state index in [0.29, 0.717) is 17.2 Å². The number of benzene rings is 1. The molecule has 2 heterocycles. The summed E-state index contributed by atoms with van der Waals surface area (Å²) in [6.07, 6.45) is 3.12. The standard InChI is InChI=1S/C14H14N6O/c1-20-12(6-7-17-20)18-14(21)11-8-16-13(19-15)10-5-3-2-4-9(10)11/h2-8H,15H2,1H3,(H,16,19)(H,18,21). The van der Waals surface area contributed by atoms with Crippen molar-refractivity contribution in [1.29, 1.82) is 0 Å². The first-order valence-electron chi connectivity index (χ1n) is 6.34. The predicted octanol–water partition coefficient (Wildman–Crippen LogP) is 1.51. The average Bonchev–Trinajstić information content (AvgIpc) is 2.91. The summed E-state index contributed by atoms with van der Waals surface area (Å²) in [7, 11) is 1.76. The Hall–Kier alpha value is -2.93. The summed E-state index contributed by atoms with van der Waals surface area (Å²) in [5.74, 6) is 6.35. The Morgan fingerprint density at radius 2 is 2.00 bits per heavy atom. The molecule has 106 valence electrons. The number of nitrogen functional groups attached to an aromatic ring is 1. The summed E-state index contributed by atoms with van der Waals surface area (Å²) in [6.45, 7) is 0. The van der Waals surface area contributed by atoms with E-state index >= 15 is 0 Å². The van der Waals surface area contributed by atoms with Gasteiger partial charge in [-0.25, -0.2) is 10.8 Å². The molecule has 2 aromatic heterocycles. The highest BCUT2D eigenvalue weighted by molar-refractivity contribution is 6.14. The van der Waals surface area contributed by atoms with Gasteiger partial charge in [0, 0.05) is 24.7 Å². The fourth-order valence-corrected chi connectivity index (χ4v) is 2.17. The van der Waals surface area contributed by atoms with Crippen LogP contribution in [0.3, 0.4) is 0 Å². The van der Waals surface area contributed by atoms with Crippen LogP contribution in [0.15, 0.2) is 42.7 Å². The Labute approximate surface area is 120 Å². The highest BCUT2D eigenvalue weighted by Crippen LogP contribution is 2.24. The average molecular weight is 282 g/mol. The first-order chi connectivity index (χ1) is 10.2. The predicted molar refractivity (Wildman–Crippen MR) is 80.7 cm³/mol. The number of aromatic nitrogens is 3. The number of hydrazine groups is 1. The number of carbonyl (C=O) groups is 1. The summed E-state index contributed by atoms with van der Waals surface area (Å²) in [4.78, 5) is 16.6. The molecule has 7 nitrogen and oxygen atoms in total. The van der Waals surface area contributed by atoms with Crippen molar-refractivity contribution in [2.24, 2.45) is 12.9 Å². The molecule has 0 aliphatic carbocycles. The second kappa shape index (κ2) is 5.22. The van der Waals surface area contributed by atoms with Crippen LogP contribution in [0.25, 0.3) is 10.8 Å². The van der Waals surface area contributed by atoms with E-state index in [-0.39, 0.29) is 5.91 Å². The van der Waals surface area contributed by atoms with Crippen LogP contribution in [0.2, 0.25) is 0 Å². The molecule has 3 aromatic rings. The summed E-state index contributed by atoms with van der Waals surface area (Å²) < 4.78 is 1.59. The molecule has 0 atom stereocenters. The minimum absolute atomic E-state index is 0.245. The van der Waals surface area contributed by atoms with E-state index in [2.05, 4.69) is 20.8 Å². The van der Waals surface area contributed by atoms with E-state index in [1.165, 1.54) is 6.20 Å². The van der Waals surface area contributed by atoms with Gasteiger partial charge < -0.3 is 10.7 Å². The molecule has 0 bridgehead atoms. The van der Waals surface area contributed by atoms with Crippen LogP contribution in [-0.2, 0) is 7.05 Å². The van der Waals surface area contributed by atoms with Crippen molar-refractivity contribution in [3.63, 3.8) is 0 Å². The van der Waals surface area contributed by atoms with Gasteiger partial charge in [0.05, 0.1) is 11.8 Å². The number of nitrogens with two attached hydrogens (primary N) is 1. The molecule has 0 fully saturated rings. The maximum atomic E-state index is 12.4. The van der Waals surface area contributed by atoms with Gasteiger partial charge in [0.25, 0.3) is 5.91 Å². The Balaban J connectivity index is 2.04. The molecule has 7 heteroatoms. The minimum Gasteiger partial charge on any atom is -0.308 e. The van der Waals surface area contributed by atoms with Crippen molar-refractivity contribution in [2.45, 2.75) is 0 Å². The van der Waals surface area contributed by atoms with E-state index in [9.17, 15) is 4.79 Å². The number of hydrogen-bond acceptors (Lipinski definition) is 5. The Kier molecular flexibility index (Phi) is 3.25. The molecule has 0 aliphatic heterocycles. The largest absolute Gasteiger partial charge is 0.308 e. The molecule has 0 unspecified atom stereocenters. The smallest absolute Gasteiger partial charge is 0.259 e. The van der Waals surface area contributed by atoms with Crippen LogP contribution in [0.1, 0.15) is 10.4 Å². The molecule has 3 rings (SSSR count). The molecule has 1 aromatic carbocycles. The van der Waals surface area contributed by atoms with Gasteiger partial charge >= 0.3 is 0 Å². The van der Waals surface area contributed by atoms with Crippen molar-refractivity contribution in [2.75, 3.05) is 10.7 Å². The van der Waals surface area contributed by atoms with Crippen LogP contribution in [0.5, 0.6) is 0 Å². The topological polar surface area (TPSA) is 97.9 Å². The molecule has 1 amide bonds. The summed E-state index contributed by atoms with van der Waals surface area (Å²) in [6, 6.07) is 9.18. The number of carbonyl (C=O) groups excluding carboxylic acids is 1. The van der Waals surface area contributed by atoms with Gasteiger partial charge in [-0.15, -0.1) is 0 Å². The third kappa shape index (κ3) is 2.30. The number of hydrogen-bond donors (Lipinski definition) is 3. The summed E-state index contributed by atoms with van der Waals surface area (Å²) >= 11 is 0. The Morgan fingerprint density at radius 3 is 2.67 bits per heavy atom. The van der Waals surface area contributed by atoms with Crippen LogP contribution in [-0.4, -0.2) is 20.7 Å². The number of rotatable bonds is 3. The summed E-state index contributed by atoms with van der Waals surface area (Å²) in [5.41, 5.74) is 3.01. The number of pyridine rings is 1. The van der Waals surface area contributed by atoms with Gasteiger partial charge in [0.1, 0.15) is 11.6 Å². The highest BCUT2D eigenvalue weighted by Gasteiger charge is 2.14. The van der Waals surface area contributed by atoms with Crippen LogP contribution in [0, 0.1) is 0 Å². The molecule has 0 saturated carbocycles. The Bertz CT molecular complexity index is 810. The maximum Gasteiger partial charge on any atom is 0.259 e. The fraction of sp³-hybridized carbons (Fsp3) is 0.0714. The second-order valence-corrected chi connectivity index (χ2v) is 4.50. The third-order valence-electron chi connectivity index (χ3n) is 3.24. The quantitative estimate of drug-likeness (QED) is 0.499. The highest BCUT2D eigenvalue weighted by atomic mass is 16.1. The lowest BCUT2D eigenvalue weighted by molar-refractivity contribution is 0.102. The van der Waals surface area contributed by atoms with Gasteiger partial charge in [0.2, 0.25) is 0 Å². The first-order valence-corrected chi connectivity index (χ1v) is 6.34. The number of anilines is 2. The summed E-state index contributed by atoms with van der Waals surface area (Å²) in [5, 5.41) is 8.39. The fourth-order valence-electron chi connectivity index (χ4n) is 2.17. The number of fused-ring (bicyclic) bond motifs is 1. The zero-order chi connectivity index (χ0) is 14.8. The van der Waals surface area contributed by atoms with Crippen molar-refractivity contribution in [1.82, 2.24) is 14.8 Å². The molecule has 0 spiro atoms. The van der Waals surface area contributed by atoms with Gasteiger partial charge in [0.15, 0.2) is 0 Å². The first kappa shape index (κ1) is 13.1. The van der Waals surface area contributed by atoms with E-state index < -0.39 is 0 Å². The lowest BCUT2D eigenvalue weighted by Gasteiger charge is -2.10. The van der Waals surface area contributed by atoms with E-state index in [0.717, 1.165) is 10.8 Å². The molecular weight excluding hydrogens is 268 g/mol. The number of nitrogens with zero attached hydrogens (tertiary/aromatic N) is 3. The molecule has 0 radical (unpaired) electrons. The SMILES string of the molecule is Cn1nccc1NC(=O)c1cnc(NN)c2ccccc12. The molecule has 0 aliphatic rings. The maximum absolute atomic E-state index is 12.4. The number of nitrogens with one attached hydrogen (secondary N) is 2. The number of aryl methyl sites for hydroxylation is 1. The van der Waals surface area contributed by atoms with Gasteiger partial charge in [-0.2, -0.15) is 5.10 Å².